The van der Waals surface area contributed by atoms with Crippen LogP contribution in [0.15, 0.2) is 101 Å². The Bertz CT molecular complexity index is 1620. The minimum absolute atomic E-state index is 0.0769. The summed E-state index contributed by atoms with van der Waals surface area (Å²) in [7, 11) is 0. The molecular formula is C40H46N2O7. The summed E-state index contributed by atoms with van der Waals surface area (Å²) in [6.07, 6.45) is 8.90. The van der Waals surface area contributed by atoms with Gasteiger partial charge in [-0.1, -0.05) is 52.4 Å². The van der Waals surface area contributed by atoms with Crippen molar-refractivity contribution in [2.45, 2.75) is 72.1 Å². The molecule has 0 amide bonds. The predicted molar refractivity (Wildman–Crippen MR) is 190 cm³/mol. The highest BCUT2D eigenvalue weighted by atomic mass is 16.5. The van der Waals surface area contributed by atoms with Crippen LogP contribution in [0, 0.1) is 0 Å². The van der Waals surface area contributed by atoms with Crippen LogP contribution in [-0.2, 0) is 0 Å². The van der Waals surface area contributed by atoms with E-state index in [0.29, 0.717) is 48.1 Å². The van der Waals surface area contributed by atoms with Crippen LogP contribution in [0.4, 0.5) is 11.4 Å². The van der Waals surface area contributed by atoms with E-state index in [4.69, 9.17) is 23.7 Å². The van der Waals surface area contributed by atoms with Crippen LogP contribution in [-0.4, -0.2) is 31.8 Å². The van der Waals surface area contributed by atoms with Crippen molar-refractivity contribution in [2.75, 3.05) is 19.8 Å². The number of carbonyl (C=O) groups is 2. The zero-order chi connectivity index (χ0) is 34.7. The molecule has 0 radical (unpaired) electrons. The first kappa shape index (κ1) is 36.7. The highest BCUT2D eigenvalue weighted by Gasteiger charge is 2.16. The molecule has 0 aliphatic rings. The second kappa shape index (κ2) is 20.2. The molecule has 0 aliphatic carbocycles. The molecule has 0 N–H and O–H groups in total. The van der Waals surface area contributed by atoms with Gasteiger partial charge in [0.05, 0.1) is 36.6 Å². The van der Waals surface area contributed by atoms with Gasteiger partial charge in [-0.25, -0.2) is 9.59 Å². The molecule has 49 heavy (non-hydrogen) atoms. The molecule has 0 unspecified atom stereocenters. The number of carbonyl (C=O) groups excluding carboxylic acids is 2. The summed E-state index contributed by atoms with van der Waals surface area (Å²) in [6.45, 7) is 8.06. The molecule has 0 atom stereocenters. The number of benzene rings is 4. The number of hydrogen-bond donors (Lipinski definition) is 0. The lowest BCUT2D eigenvalue weighted by Gasteiger charge is -2.11. The van der Waals surface area contributed by atoms with E-state index in [-0.39, 0.29) is 17.2 Å². The number of hydrogen-bond acceptors (Lipinski definition) is 9. The summed E-state index contributed by atoms with van der Waals surface area (Å²) in [4.78, 5) is 26.2. The molecule has 9 nitrogen and oxygen atoms in total. The van der Waals surface area contributed by atoms with Gasteiger partial charge in [0.2, 0.25) is 0 Å². The summed E-state index contributed by atoms with van der Waals surface area (Å²) in [5.74, 6) is 1.17. The summed E-state index contributed by atoms with van der Waals surface area (Å²) in [6, 6.07) is 25.3. The minimum atomic E-state index is -0.610. The van der Waals surface area contributed by atoms with Crippen LogP contribution >= 0.6 is 0 Å². The minimum Gasteiger partial charge on any atom is -0.494 e. The quantitative estimate of drug-likeness (QED) is 0.0400. The maximum Gasteiger partial charge on any atom is 0.343 e. The second-order valence-electron chi connectivity index (χ2n) is 11.4. The van der Waals surface area contributed by atoms with Crippen LogP contribution < -0.4 is 23.7 Å². The zero-order valence-corrected chi connectivity index (χ0v) is 28.7. The van der Waals surface area contributed by atoms with Crippen molar-refractivity contribution < 1.29 is 33.3 Å². The Morgan fingerprint density at radius 1 is 0.510 bits per heavy atom. The van der Waals surface area contributed by atoms with E-state index in [0.717, 1.165) is 37.9 Å². The highest BCUT2D eigenvalue weighted by molar-refractivity contribution is 5.93. The monoisotopic (exact) mass is 666 g/mol. The van der Waals surface area contributed by atoms with E-state index in [9.17, 15) is 9.59 Å². The normalized spacial score (nSPS) is 10.9. The lowest BCUT2D eigenvalue weighted by atomic mass is 10.2. The molecule has 0 spiro atoms. The summed E-state index contributed by atoms with van der Waals surface area (Å²) in [5.41, 5.74) is 1.52. The molecule has 0 heterocycles. The van der Waals surface area contributed by atoms with Gasteiger partial charge >= 0.3 is 11.9 Å². The Kier molecular flexibility index (Phi) is 15.1. The zero-order valence-electron chi connectivity index (χ0n) is 28.7. The fourth-order valence-electron chi connectivity index (χ4n) is 4.75. The topological polar surface area (TPSA) is 105 Å². The maximum atomic E-state index is 13.2. The molecule has 0 aromatic heterocycles. The molecule has 0 saturated carbocycles. The lowest BCUT2D eigenvalue weighted by Crippen LogP contribution is -2.10. The van der Waals surface area contributed by atoms with E-state index in [1.54, 1.807) is 84.9 Å². The van der Waals surface area contributed by atoms with Gasteiger partial charge in [-0.3, -0.25) is 0 Å². The van der Waals surface area contributed by atoms with Gasteiger partial charge < -0.3 is 23.7 Å². The molecule has 0 fully saturated rings. The summed E-state index contributed by atoms with van der Waals surface area (Å²) in [5, 5.41) is 8.63. The molecule has 0 saturated heterocycles. The fraction of sp³-hybridized carbons (Fsp3) is 0.350. The maximum absolute atomic E-state index is 13.2. The number of azo groups is 1. The third kappa shape index (κ3) is 12.4. The van der Waals surface area contributed by atoms with E-state index < -0.39 is 11.9 Å². The lowest BCUT2D eigenvalue weighted by molar-refractivity contribution is 0.0733. The smallest absolute Gasteiger partial charge is 0.343 e. The van der Waals surface area contributed by atoms with Crippen molar-refractivity contribution in [3.05, 3.63) is 102 Å². The predicted octanol–water partition coefficient (Wildman–Crippen LogP) is 10.9. The average molecular weight is 667 g/mol. The molecule has 4 rings (SSSR count). The first-order chi connectivity index (χ1) is 24.0. The van der Waals surface area contributed by atoms with E-state index in [1.807, 2.05) is 6.92 Å². The van der Waals surface area contributed by atoms with Gasteiger partial charge in [0.15, 0.2) is 5.75 Å². The average Bonchev–Trinajstić information content (AvgIpc) is 3.12. The van der Waals surface area contributed by atoms with E-state index in [2.05, 4.69) is 24.1 Å². The molecule has 0 aliphatic heterocycles. The third-order valence-electron chi connectivity index (χ3n) is 7.48. The Balaban J connectivity index is 1.46. The number of esters is 2. The van der Waals surface area contributed by atoms with Gasteiger partial charge in [0, 0.05) is 6.07 Å². The van der Waals surface area contributed by atoms with Crippen molar-refractivity contribution in [3.63, 3.8) is 0 Å². The second-order valence-corrected chi connectivity index (χ2v) is 11.4. The van der Waals surface area contributed by atoms with Crippen LogP contribution in [0.3, 0.4) is 0 Å². The number of unbranched alkanes of at least 4 members (excludes halogenated alkanes) is 6. The Hall–Kier alpha value is -5.18. The summed E-state index contributed by atoms with van der Waals surface area (Å²) >= 11 is 0. The first-order valence-corrected chi connectivity index (χ1v) is 17.2. The van der Waals surface area contributed by atoms with Gasteiger partial charge in [0.25, 0.3) is 0 Å². The van der Waals surface area contributed by atoms with Gasteiger partial charge in [-0.05, 0) is 105 Å². The fourth-order valence-corrected chi connectivity index (χ4v) is 4.75. The molecular weight excluding hydrogens is 620 g/mol. The largest absolute Gasteiger partial charge is 0.494 e. The van der Waals surface area contributed by atoms with Crippen molar-refractivity contribution in [3.8, 4) is 28.7 Å². The van der Waals surface area contributed by atoms with E-state index >= 15 is 0 Å². The van der Waals surface area contributed by atoms with Gasteiger partial charge in [0.1, 0.15) is 28.7 Å². The van der Waals surface area contributed by atoms with Crippen LogP contribution in [0.5, 0.6) is 28.7 Å². The van der Waals surface area contributed by atoms with Crippen molar-refractivity contribution in [1.82, 2.24) is 0 Å². The number of nitrogens with zero attached hydrogens (tertiary/aromatic N) is 2. The van der Waals surface area contributed by atoms with E-state index in [1.165, 1.54) is 25.3 Å². The van der Waals surface area contributed by atoms with Gasteiger partial charge in [-0.2, -0.15) is 5.11 Å². The molecule has 4 aromatic carbocycles. The van der Waals surface area contributed by atoms with Gasteiger partial charge in [-0.15, -0.1) is 5.11 Å². The molecule has 0 bridgehead atoms. The SMILES string of the molecule is CCCCCCOc1ccc(C(=O)Oc2ccc(N=Nc3ccc(OCC)cc3)c(OC(=O)c3ccc(OCCCCCC)cc3)c2)cc1. The van der Waals surface area contributed by atoms with Crippen LogP contribution in [0.1, 0.15) is 92.9 Å². The van der Waals surface area contributed by atoms with Crippen LogP contribution in [0.25, 0.3) is 0 Å². The summed E-state index contributed by atoms with van der Waals surface area (Å²) < 4.78 is 28.5. The Morgan fingerprint density at radius 3 is 1.53 bits per heavy atom. The van der Waals surface area contributed by atoms with Crippen molar-refractivity contribution in [2.24, 2.45) is 10.2 Å². The number of rotatable bonds is 20. The van der Waals surface area contributed by atoms with Crippen LogP contribution in [0.2, 0.25) is 0 Å². The van der Waals surface area contributed by atoms with Crippen molar-refractivity contribution in [1.29, 1.82) is 0 Å². The van der Waals surface area contributed by atoms with Crippen molar-refractivity contribution >= 4 is 23.3 Å². The number of ether oxygens (including phenoxy) is 5. The Labute approximate surface area is 289 Å². The standard InChI is InChI=1S/C40H46N2O7/c1-4-7-9-11-27-46-34-19-13-30(14-20-34)39(43)48-36-25-26-37(42-41-32-17-23-33(24-18-32)45-6-3)38(29-36)49-40(44)31-15-21-35(22-16-31)47-28-12-10-8-5-2/h13-26,29H,4-12,27-28H2,1-3H3. The highest BCUT2D eigenvalue weighted by Crippen LogP contribution is 2.34. The Morgan fingerprint density at radius 2 is 1.00 bits per heavy atom. The molecule has 9 heteroatoms. The first-order valence-electron chi connectivity index (χ1n) is 17.2. The molecule has 4 aromatic rings. The molecule has 258 valence electrons. The third-order valence-corrected chi connectivity index (χ3v) is 7.48.